The third-order valence-corrected chi connectivity index (χ3v) is 5.35. The molecule has 0 spiro atoms. The van der Waals surface area contributed by atoms with Crippen LogP contribution in [0.1, 0.15) is 43.4 Å². The van der Waals surface area contributed by atoms with E-state index in [0.29, 0.717) is 13.0 Å². The van der Waals surface area contributed by atoms with Crippen molar-refractivity contribution in [1.82, 2.24) is 20.4 Å². The SMILES string of the molecule is CCNC(=O)N1CCN(CCC(=O)NC2CCCc3ccccc32)CC1. The topological polar surface area (TPSA) is 64.7 Å². The number of carbonyl (C=O) groups excluding carboxylic acids is 2. The predicted octanol–water partition coefficient (Wildman–Crippen LogP) is 1.92. The van der Waals surface area contributed by atoms with Gasteiger partial charge in [0.25, 0.3) is 0 Å². The van der Waals surface area contributed by atoms with Crippen molar-refractivity contribution < 1.29 is 9.59 Å². The van der Waals surface area contributed by atoms with Gasteiger partial charge < -0.3 is 15.5 Å². The van der Waals surface area contributed by atoms with E-state index < -0.39 is 0 Å². The number of hydrogen-bond acceptors (Lipinski definition) is 3. The van der Waals surface area contributed by atoms with Gasteiger partial charge in [0.15, 0.2) is 0 Å². The van der Waals surface area contributed by atoms with Crippen molar-refractivity contribution in [3.8, 4) is 0 Å². The molecule has 6 heteroatoms. The van der Waals surface area contributed by atoms with Crippen molar-refractivity contribution in [1.29, 1.82) is 0 Å². The molecule has 1 fully saturated rings. The van der Waals surface area contributed by atoms with Gasteiger partial charge in [0.2, 0.25) is 5.91 Å². The summed E-state index contributed by atoms with van der Waals surface area (Å²) >= 11 is 0. The second-order valence-electron chi connectivity index (χ2n) is 7.13. The number of benzene rings is 1. The molecule has 0 bridgehead atoms. The number of carbonyl (C=O) groups is 2. The Morgan fingerprint density at radius 2 is 1.92 bits per heavy atom. The van der Waals surface area contributed by atoms with Crippen molar-refractivity contribution in [2.75, 3.05) is 39.3 Å². The number of nitrogens with zero attached hydrogens (tertiary/aromatic N) is 2. The molecule has 1 aliphatic heterocycles. The fourth-order valence-electron chi connectivity index (χ4n) is 3.87. The molecule has 2 aliphatic rings. The largest absolute Gasteiger partial charge is 0.349 e. The third-order valence-electron chi connectivity index (χ3n) is 5.35. The molecule has 142 valence electrons. The lowest BCUT2D eigenvalue weighted by molar-refractivity contribution is -0.122. The molecular weight excluding hydrogens is 328 g/mol. The first-order valence-corrected chi connectivity index (χ1v) is 9.79. The van der Waals surface area contributed by atoms with Gasteiger partial charge in [-0.25, -0.2) is 4.79 Å². The molecule has 3 rings (SSSR count). The van der Waals surface area contributed by atoms with Gasteiger partial charge in [0.05, 0.1) is 6.04 Å². The average Bonchev–Trinajstić information content (AvgIpc) is 2.67. The van der Waals surface area contributed by atoms with Gasteiger partial charge in [-0.3, -0.25) is 9.69 Å². The van der Waals surface area contributed by atoms with E-state index >= 15 is 0 Å². The Bertz CT molecular complexity index is 626. The fraction of sp³-hybridized carbons (Fsp3) is 0.600. The van der Waals surface area contributed by atoms with Crippen LogP contribution >= 0.6 is 0 Å². The molecule has 1 atom stereocenters. The van der Waals surface area contributed by atoms with Crippen molar-refractivity contribution in [2.24, 2.45) is 0 Å². The molecule has 0 saturated carbocycles. The number of fused-ring (bicyclic) bond motifs is 1. The molecule has 1 aromatic rings. The summed E-state index contributed by atoms with van der Waals surface area (Å²) in [5, 5.41) is 6.06. The number of piperazine rings is 1. The summed E-state index contributed by atoms with van der Waals surface area (Å²) < 4.78 is 0. The Labute approximate surface area is 155 Å². The first-order chi connectivity index (χ1) is 12.7. The number of aryl methyl sites for hydroxylation is 1. The van der Waals surface area contributed by atoms with Crippen LogP contribution in [0.2, 0.25) is 0 Å². The van der Waals surface area contributed by atoms with Crippen LogP contribution in [0.5, 0.6) is 0 Å². The molecule has 26 heavy (non-hydrogen) atoms. The van der Waals surface area contributed by atoms with Gasteiger partial charge in [-0.15, -0.1) is 0 Å². The van der Waals surface area contributed by atoms with Crippen molar-refractivity contribution in [3.63, 3.8) is 0 Å². The maximum atomic E-state index is 12.4. The molecule has 1 aromatic carbocycles. The summed E-state index contributed by atoms with van der Waals surface area (Å²) in [6.07, 6.45) is 3.77. The Hall–Kier alpha value is -2.08. The van der Waals surface area contributed by atoms with Gasteiger partial charge in [-0.05, 0) is 37.3 Å². The van der Waals surface area contributed by atoms with Gasteiger partial charge in [-0.1, -0.05) is 24.3 Å². The minimum atomic E-state index is 0.0147. The summed E-state index contributed by atoms with van der Waals surface area (Å²) in [5.41, 5.74) is 2.65. The first kappa shape index (κ1) is 18.7. The monoisotopic (exact) mass is 358 g/mol. The molecular formula is C20H30N4O2. The van der Waals surface area contributed by atoms with Gasteiger partial charge in [0.1, 0.15) is 0 Å². The maximum absolute atomic E-state index is 12.4. The highest BCUT2D eigenvalue weighted by Crippen LogP contribution is 2.29. The van der Waals surface area contributed by atoms with Crippen LogP contribution in [0.25, 0.3) is 0 Å². The highest BCUT2D eigenvalue weighted by atomic mass is 16.2. The molecule has 2 N–H and O–H groups in total. The van der Waals surface area contributed by atoms with Gasteiger partial charge in [0, 0.05) is 45.7 Å². The quantitative estimate of drug-likeness (QED) is 0.845. The van der Waals surface area contributed by atoms with Crippen LogP contribution in [0.15, 0.2) is 24.3 Å². The van der Waals surface area contributed by atoms with E-state index in [1.165, 1.54) is 11.1 Å². The number of nitrogens with one attached hydrogen (secondary N) is 2. The van der Waals surface area contributed by atoms with E-state index in [-0.39, 0.29) is 18.0 Å². The van der Waals surface area contributed by atoms with Crippen LogP contribution in [-0.4, -0.2) is 61.0 Å². The van der Waals surface area contributed by atoms with Crippen LogP contribution < -0.4 is 10.6 Å². The average molecular weight is 358 g/mol. The minimum absolute atomic E-state index is 0.0147. The summed E-state index contributed by atoms with van der Waals surface area (Å²) in [6, 6.07) is 8.60. The number of hydrogen-bond donors (Lipinski definition) is 2. The summed E-state index contributed by atoms with van der Waals surface area (Å²) in [5.74, 6) is 0.123. The first-order valence-electron chi connectivity index (χ1n) is 9.79. The maximum Gasteiger partial charge on any atom is 0.317 e. The molecule has 6 nitrogen and oxygen atoms in total. The zero-order chi connectivity index (χ0) is 18.4. The van der Waals surface area contributed by atoms with Crippen LogP contribution in [0.3, 0.4) is 0 Å². The van der Waals surface area contributed by atoms with E-state index in [4.69, 9.17) is 0 Å². The van der Waals surface area contributed by atoms with E-state index in [1.54, 1.807) is 0 Å². The summed E-state index contributed by atoms with van der Waals surface area (Å²) in [7, 11) is 0. The Kier molecular flexibility index (Phi) is 6.50. The van der Waals surface area contributed by atoms with Gasteiger partial charge in [-0.2, -0.15) is 0 Å². The number of urea groups is 1. The Morgan fingerprint density at radius 3 is 2.69 bits per heavy atom. The highest BCUT2D eigenvalue weighted by Gasteiger charge is 2.23. The Morgan fingerprint density at radius 1 is 1.15 bits per heavy atom. The van der Waals surface area contributed by atoms with Crippen molar-refractivity contribution in [2.45, 2.75) is 38.6 Å². The van der Waals surface area contributed by atoms with E-state index in [0.717, 1.165) is 52.0 Å². The molecule has 1 saturated heterocycles. The van der Waals surface area contributed by atoms with Gasteiger partial charge >= 0.3 is 6.03 Å². The van der Waals surface area contributed by atoms with E-state index in [9.17, 15) is 9.59 Å². The van der Waals surface area contributed by atoms with E-state index in [2.05, 4.69) is 39.8 Å². The zero-order valence-electron chi connectivity index (χ0n) is 15.7. The second kappa shape index (κ2) is 9.03. The number of amides is 3. The number of rotatable bonds is 5. The predicted molar refractivity (Wildman–Crippen MR) is 102 cm³/mol. The molecule has 0 radical (unpaired) electrons. The van der Waals surface area contributed by atoms with Crippen LogP contribution in [-0.2, 0) is 11.2 Å². The molecule has 0 aromatic heterocycles. The molecule has 1 aliphatic carbocycles. The highest BCUT2D eigenvalue weighted by molar-refractivity contribution is 5.76. The molecule has 1 unspecified atom stereocenters. The lowest BCUT2D eigenvalue weighted by Gasteiger charge is -2.34. The smallest absolute Gasteiger partial charge is 0.317 e. The third kappa shape index (κ3) is 4.75. The molecule has 1 heterocycles. The summed E-state index contributed by atoms with van der Waals surface area (Å²) in [4.78, 5) is 28.3. The standard InChI is InChI=1S/C20H30N4O2/c1-2-21-20(26)24-14-12-23(13-15-24)11-10-19(25)22-18-9-5-7-16-6-3-4-8-17(16)18/h3-4,6,8,18H,2,5,7,9-15H2,1H3,(H,21,26)(H,22,25). The summed E-state index contributed by atoms with van der Waals surface area (Å²) in [6.45, 7) is 6.45. The van der Waals surface area contributed by atoms with E-state index in [1.807, 2.05) is 11.8 Å². The minimum Gasteiger partial charge on any atom is -0.349 e. The van der Waals surface area contributed by atoms with Crippen LogP contribution in [0.4, 0.5) is 4.79 Å². The lowest BCUT2D eigenvalue weighted by Crippen LogP contribution is -2.52. The van der Waals surface area contributed by atoms with Crippen LogP contribution in [0, 0.1) is 0 Å². The van der Waals surface area contributed by atoms with Crippen molar-refractivity contribution >= 4 is 11.9 Å². The Balaban J connectivity index is 1.41. The second-order valence-corrected chi connectivity index (χ2v) is 7.13. The van der Waals surface area contributed by atoms with Crippen molar-refractivity contribution in [3.05, 3.63) is 35.4 Å². The zero-order valence-corrected chi connectivity index (χ0v) is 15.7. The molecule has 3 amide bonds. The fourth-order valence-corrected chi connectivity index (χ4v) is 3.87. The lowest BCUT2D eigenvalue weighted by atomic mass is 9.87. The normalized spacial score (nSPS) is 20.3.